The molecule has 0 radical (unpaired) electrons. The number of aromatic nitrogens is 2. The van der Waals surface area contributed by atoms with Gasteiger partial charge in [0.1, 0.15) is 5.82 Å². The van der Waals surface area contributed by atoms with Crippen molar-refractivity contribution in [2.45, 2.75) is 18.6 Å². The number of hydrogen-bond acceptors (Lipinski definition) is 5. The minimum Gasteiger partial charge on any atom is -0.380 e. The number of hydrogen-bond donors (Lipinski definition) is 1. The first-order chi connectivity index (χ1) is 9.26. The summed E-state index contributed by atoms with van der Waals surface area (Å²) in [7, 11) is 1.68. The van der Waals surface area contributed by atoms with Crippen molar-refractivity contribution >= 4 is 0 Å². The fourth-order valence-corrected chi connectivity index (χ4v) is 2.19. The second kappa shape index (κ2) is 5.07. The highest BCUT2D eigenvalue weighted by Crippen LogP contribution is 2.25. The zero-order chi connectivity index (χ0) is 13.2. The molecule has 5 nitrogen and oxygen atoms in total. The van der Waals surface area contributed by atoms with Crippen molar-refractivity contribution in [3.8, 4) is 11.4 Å². The van der Waals surface area contributed by atoms with Crippen LogP contribution >= 0.6 is 0 Å². The Balaban J connectivity index is 1.80. The van der Waals surface area contributed by atoms with Gasteiger partial charge in [-0.05, 0) is 18.6 Å². The van der Waals surface area contributed by atoms with Crippen LogP contribution in [0.5, 0.6) is 0 Å². The number of nitrogens with one attached hydrogen (secondary N) is 1. The van der Waals surface area contributed by atoms with Crippen molar-refractivity contribution in [2.24, 2.45) is 0 Å². The summed E-state index contributed by atoms with van der Waals surface area (Å²) >= 11 is 0. The monoisotopic (exact) mass is 263 g/mol. The molecule has 1 fully saturated rings. The molecule has 0 aliphatic carbocycles. The minimum atomic E-state index is -0.317. The lowest BCUT2D eigenvalue weighted by Gasteiger charge is -2.04. The maximum absolute atomic E-state index is 13.1. The van der Waals surface area contributed by atoms with Crippen LogP contribution in [0.15, 0.2) is 28.8 Å². The Bertz CT molecular complexity index is 573. The van der Waals surface area contributed by atoms with Crippen LogP contribution in [0, 0.1) is 5.82 Å². The standard InChI is InChI=1S/C13H14FN3O2/c1-18-10-6-11(15-7-10)13-16-12(17-19-13)8-3-2-4-9(14)5-8/h2-5,10-11,15H,6-7H2,1H3/t10-,11+/m0/s1. The molecule has 1 aliphatic rings. The summed E-state index contributed by atoms with van der Waals surface area (Å²) in [5.74, 6) is 0.596. The number of nitrogens with zero attached hydrogens (tertiary/aromatic N) is 2. The van der Waals surface area contributed by atoms with Crippen LogP contribution < -0.4 is 5.32 Å². The van der Waals surface area contributed by atoms with Gasteiger partial charge in [-0.1, -0.05) is 17.3 Å². The SMILES string of the molecule is CO[C@@H]1CN[C@@H](c2nc(-c3cccc(F)c3)no2)C1. The van der Waals surface area contributed by atoms with Crippen molar-refractivity contribution in [2.75, 3.05) is 13.7 Å². The Hall–Kier alpha value is -1.79. The maximum atomic E-state index is 13.1. The molecule has 1 aromatic carbocycles. The van der Waals surface area contributed by atoms with E-state index >= 15 is 0 Å². The molecule has 100 valence electrons. The highest BCUT2D eigenvalue weighted by molar-refractivity contribution is 5.53. The molecule has 1 aliphatic heterocycles. The van der Waals surface area contributed by atoms with Crippen molar-refractivity contribution in [3.63, 3.8) is 0 Å². The number of ether oxygens (including phenoxy) is 1. The highest BCUT2D eigenvalue weighted by Gasteiger charge is 2.29. The Morgan fingerprint density at radius 1 is 1.47 bits per heavy atom. The van der Waals surface area contributed by atoms with E-state index in [1.54, 1.807) is 19.2 Å². The first-order valence-corrected chi connectivity index (χ1v) is 6.12. The fraction of sp³-hybridized carbons (Fsp3) is 0.385. The number of halogens is 1. The zero-order valence-electron chi connectivity index (χ0n) is 10.5. The molecule has 3 rings (SSSR count). The van der Waals surface area contributed by atoms with Gasteiger partial charge in [0.2, 0.25) is 11.7 Å². The second-order valence-corrected chi connectivity index (χ2v) is 4.52. The first-order valence-electron chi connectivity index (χ1n) is 6.12. The summed E-state index contributed by atoms with van der Waals surface area (Å²) in [4.78, 5) is 4.31. The second-order valence-electron chi connectivity index (χ2n) is 4.52. The predicted molar refractivity (Wildman–Crippen MR) is 65.8 cm³/mol. The van der Waals surface area contributed by atoms with Gasteiger partial charge in [0.05, 0.1) is 12.1 Å². The molecule has 0 saturated carbocycles. The molecular formula is C13H14FN3O2. The van der Waals surface area contributed by atoms with Crippen molar-refractivity contribution in [1.29, 1.82) is 0 Å². The third-order valence-corrected chi connectivity index (χ3v) is 3.25. The largest absolute Gasteiger partial charge is 0.380 e. The summed E-state index contributed by atoms with van der Waals surface area (Å²) in [6.07, 6.45) is 0.955. The van der Waals surface area contributed by atoms with E-state index in [0.717, 1.165) is 13.0 Å². The summed E-state index contributed by atoms with van der Waals surface area (Å²) in [6.45, 7) is 0.763. The quantitative estimate of drug-likeness (QED) is 0.916. The lowest BCUT2D eigenvalue weighted by molar-refractivity contribution is 0.116. The third-order valence-electron chi connectivity index (χ3n) is 3.25. The molecule has 2 atom stereocenters. The van der Waals surface area contributed by atoms with Gasteiger partial charge in [0, 0.05) is 19.2 Å². The molecule has 0 unspecified atom stereocenters. The predicted octanol–water partition coefficient (Wildman–Crippen LogP) is 1.93. The van der Waals surface area contributed by atoms with Gasteiger partial charge in [-0.15, -0.1) is 0 Å². The molecule has 2 aromatic rings. The molecule has 0 bridgehead atoms. The van der Waals surface area contributed by atoms with Gasteiger partial charge in [0.15, 0.2) is 0 Å². The lowest BCUT2D eigenvalue weighted by atomic mass is 10.2. The fourth-order valence-electron chi connectivity index (χ4n) is 2.19. The van der Waals surface area contributed by atoms with E-state index in [1.807, 2.05) is 0 Å². The van der Waals surface area contributed by atoms with Gasteiger partial charge < -0.3 is 14.6 Å². The molecule has 1 saturated heterocycles. The van der Waals surface area contributed by atoms with Crippen LogP contribution in [0.25, 0.3) is 11.4 Å². The Kier molecular flexibility index (Phi) is 3.27. The molecular weight excluding hydrogens is 249 g/mol. The topological polar surface area (TPSA) is 60.2 Å². The van der Waals surface area contributed by atoms with E-state index in [9.17, 15) is 4.39 Å². The molecule has 1 N–H and O–H groups in total. The van der Waals surface area contributed by atoms with E-state index in [0.29, 0.717) is 17.3 Å². The van der Waals surface area contributed by atoms with Crippen molar-refractivity contribution in [3.05, 3.63) is 36.0 Å². The number of benzene rings is 1. The van der Waals surface area contributed by atoms with Crippen LogP contribution in [-0.4, -0.2) is 29.9 Å². The molecule has 2 heterocycles. The summed E-state index contributed by atoms with van der Waals surface area (Å²) in [6, 6.07) is 6.13. The van der Waals surface area contributed by atoms with Crippen LogP contribution in [-0.2, 0) is 4.74 Å². The average Bonchev–Trinajstić information content (AvgIpc) is 3.07. The molecule has 6 heteroatoms. The average molecular weight is 263 g/mol. The minimum absolute atomic E-state index is 0.000223. The first kappa shape index (κ1) is 12.3. The van der Waals surface area contributed by atoms with Gasteiger partial charge in [-0.3, -0.25) is 0 Å². The van der Waals surface area contributed by atoms with Gasteiger partial charge in [0.25, 0.3) is 0 Å². The van der Waals surface area contributed by atoms with Crippen LogP contribution in [0.4, 0.5) is 4.39 Å². The van der Waals surface area contributed by atoms with Crippen LogP contribution in [0.2, 0.25) is 0 Å². The van der Waals surface area contributed by atoms with Crippen molar-refractivity contribution in [1.82, 2.24) is 15.5 Å². The summed E-state index contributed by atoms with van der Waals surface area (Å²) in [5, 5.41) is 7.14. The summed E-state index contributed by atoms with van der Waals surface area (Å²) < 4.78 is 23.6. The molecule has 0 amide bonds. The third kappa shape index (κ3) is 2.50. The smallest absolute Gasteiger partial charge is 0.244 e. The number of methoxy groups -OCH3 is 1. The van der Waals surface area contributed by atoms with Gasteiger partial charge in [-0.2, -0.15) is 4.98 Å². The van der Waals surface area contributed by atoms with Gasteiger partial charge in [-0.25, -0.2) is 4.39 Å². The van der Waals surface area contributed by atoms with E-state index in [1.165, 1.54) is 12.1 Å². The number of rotatable bonds is 3. The normalized spacial score (nSPS) is 22.8. The zero-order valence-corrected chi connectivity index (χ0v) is 10.5. The maximum Gasteiger partial charge on any atom is 0.244 e. The molecule has 1 aromatic heterocycles. The van der Waals surface area contributed by atoms with E-state index in [4.69, 9.17) is 9.26 Å². The Labute approximate surface area is 109 Å². The highest BCUT2D eigenvalue weighted by atomic mass is 19.1. The van der Waals surface area contributed by atoms with E-state index in [2.05, 4.69) is 15.5 Å². The Morgan fingerprint density at radius 2 is 2.37 bits per heavy atom. The Morgan fingerprint density at radius 3 is 3.11 bits per heavy atom. The van der Waals surface area contributed by atoms with Gasteiger partial charge >= 0.3 is 0 Å². The summed E-state index contributed by atoms with van der Waals surface area (Å²) in [5.41, 5.74) is 0.608. The van der Waals surface area contributed by atoms with Crippen LogP contribution in [0.1, 0.15) is 18.4 Å². The molecule has 19 heavy (non-hydrogen) atoms. The van der Waals surface area contributed by atoms with Crippen molar-refractivity contribution < 1.29 is 13.7 Å². The van der Waals surface area contributed by atoms with E-state index in [-0.39, 0.29) is 18.0 Å². The van der Waals surface area contributed by atoms with Crippen LogP contribution in [0.3, 0.4) is 0 Å². The molecule has 0 spiro atoms. The van der Waals surface area contributed by atoms with E-state index < -0.39 is 0 Å². The lowest BCUT2D eigenvalue weighted by Crippen LogP contribution is -2.16.